The van der Waals surface area contributed by atoms with Crippen LogP contribution in [0.25, 0.3) is 0 Å². The lowest BCUT2D eigenvalue weighted by Gasteiger charge is -2.29. The predicted molar refractivity (Wildman–Crippen MR) is 149 cm³/mol. The molecule has 1 aliphatic rings. The van der Waals surface area contributed by atoms with E-state index >= 15 is 0 Å². The quantitative estimate of drug-likeness (QED) is 0.206. The highest BCUT2D eigenvalue weighted by Gasteiger charge is 2.46. The minimum absolute atomic E-state index is 0.275. The van der Waals surface area contributed by atoms with Crippen LogP contribution in [0.2, 0.25) is 0 Å². The van der Waals surface area contributed by atoms with Crippen LogP contribution in [0.5, 0.6) is 0 Å². The van der Waals surface area contributed by atoms with Crippen LogP contribution in [0.1, 0.15) is 46.9 Å². The zero-order valence-corrected chi connectivity index (χ0v) is 28.8. The predicted octanol–water partition coefficient (Wildman–Crippen LogP) is -1.58. The van der Waals surface area contributed by atoms with Gasteiger partial charge in [-0.15, -0.1) is 0 Å². The summed E-state index contributed by atoms with van der Waals surface area (Å²) in [5, 5.41) is 0. The lowest BCUT2D eigenvalue weighted by molar-refractivity contribution is 0.00383. The molecule has 9 nitrogen and oxygen atoms in total. The summed E-state index contributed by atoms with van der Waals surface area (Å²) in [6.45, 7) is 2.03. The minimum atomic E-state index is -1.46. The van der Waals surface area contributed by atoms with Crippen LogP contribution >= 0.6 is 0 Å². The number of ketones is 2. The molecule has 2 aromatic rings. The Morgan fingerprint density at radius 2 is 1.03 bits per heavy atom. The Morgan fingerprint density at radius 3 is 1.31 bits per heavy atom. The van der Waals surface area contributed by atoms with Crippen molar-refractivity contribution in [3.63, 3.8) is 0 Å². The molecule has 0 bridgehead atoms. The average molecular weight is 587 g/mol. The lowest BCUT2D eigenvalue weighted by Crippen LogP contribution is -2.48. The lowest BCUT2D eigenvalue weighted by atomic mass is 9.81. The van der Waals surface area contributed by atoms with E-state index in [1.54, 1.807) is 48.5 Å². The van der Waals surface area contributed by atoms with Crippen LogP contribution in [-0.4, -0.2) is 84.3 Å². The number of hydrogen-bond donors (Lipinski definition) is 0. The van der Waals surface area contributed by atoms with Crippen LogP contribution in [0.4, 0.5) is 0 Å². The van der Waals surface area contributed by atoms with E-state index < -0.39 is 65.6 Å². The molecular formula is C20H34O9Si6. The molecule has 2 aromatic carbocycles. The average Bonchev–Trinajstić information content (AvgIpc) is 2.91. The summed E-state index contributed by atoms with van der Waals surface area (Å²) in [6.07, 6.45) is 2.00. The Kier molecular flexibility index (Phi) is 15.5. The Morgan fingerprint density at radius 1 is 0.686 bits per heavy atom. The van der Waals surface area contributed by atoms with Crippen molar-refractivity contribution in [1.82, 2.24) is 0 Å². The van der Waals surface area contributed by atoms with Gasteiger partial charge in [0.1, 0.15) is 0 Å². The smallest absolute Gasteiger partial charge is 0.286 e. The highest BCUT2D eigenvalue weighted by molar-refractivity contribution is 6.50. The second-order valence-corrected chi connectivity index (χ2v) is 18.7. The number of unbranched alkanes of at least 4 members (excludes halogenated alkanes) is 1. The summed E-state index contributed by atoms with van der Waals surface area (Å²) >= 11 is 0. The van der Waals surface area contributed by atoms with Crippen LogP contribution in [0.3, 0.4) is 0 Å². The van der Waals surface area contributed by atoms with Crippen molar-refractivity contribution in [1.29, 1.82) is 0 Å². The fourth-order valence-electron chi connectivity index (χ4n) is 3.25. The maximum Gasteiger partial charge on any atom is 0.286 e. The summed E-state index contributed by atoms with van der Waals surface area (Å²) in [6, 6.07) is 17.7. The normalized spacial score (nSPS) is 19.7. The van der Waals surface area contributed by atoms with E-state index in [0.29, 0.717) is 17.5 Å². The first-order valence-electron chi connectivity index (χ1n) is 11.4. The first kappa shape index (κ1) is 30.0. The largest absolute Gasteiger partial charge is 0.425 e. The van der Waals surface area contributed by atoms with Gasteiger partial charge in [0.2, 0.25) is 11.6 Å². The molecule has 1 aliphatic heterocycles. The third-order valence-electron chi connectivity index (χ3n) is 5.04. The topological polar surface area (TPSA) is 98.8 Å². The van der Waals surface area contributed by atoms with Gasteiger partial charge in [0.15, 0.2) is 5.60 Å². The van der Waals surface area contributed by atoms with Crippen LogP contribution in [-0.2, 0) is 29.4 Å². The molecule has 0 atom stereocenters. The van der Waals surface area contributed by atoms with E-state index in [2.05, 4.69) is 0 Å². The molecule has 0 amide bonds. The van der Waals surface area contributed by atoms with E-state index in [9.17, 15) is 9.59 Å². The molecule has 192 valence electrons. The fraction of sp³-hybridized carbons (Fsp3) is 0.300. The van der Waals surface area contributed by atoms with Crippen molar-refractivity contribution in [3.05, 3.63) is 71.8 Å². The highest BCUT2D eigenvalue weighted by Crippen LogP contribution is 2.28. The number of rotatable bonds is 8. The standard InChI is InChI=1S/C20H22O3.H12O6Si6/c1-3-4-15-20(23-2,18(21)16-11-7-5-8-12-16)19(22)17-13-9-6-10-14-17;1-7-2-9-4-11-6-12-5-10-3-8-1/h5-14H,3-4,15H2,1-2H3;7-12H2. The molecule has 0 unspecified atom stereocenters. The molecule has 0 saturated carbocycles. The summed E-state index contributed by atoms with van der Waals surface area (Å²) in [5.74, 6) is -0.550. The number of carbonyl (C=O) groups excluding carboxylic acids is 2. The van der Waals surface area contributed by atoms with E-state index in [-0.39, 0.29) is 11.6 Å². The molecule has 15 heteroatoms. The van der Waals surface area contributed by atoms with Crippen molar-refractivity contribution in [2.75, 3.05) is 7.11 Å². The van der Waals surface area contributed by atoms with Crippen LogP contribution in [0, 0.1) is 0 Å². The van der Waals surface area contributed by atoms with Crippen molar-refractivity contribution in [2.24, 2.45) is 0 Å². The second-order valence-electron chi connectivity index (χ2n) is 7.46. The van der Waals surface area contributed by atoms with Gasteiger partial charge in [-0.05, 0) is 12.8 Å². The molecule has 1 heterocycles. The molecule has 0 aromatic heterocycles. The van der Waals surface area contributed by atoms with Gasteiger partial charge in [-0.2, -0.15) is 0 Å². The molecule has 0 N–H and O–H groups in total. The van der Waals surface area contributed by atoms with Gasteiger partial charge in [-0.1, -0.05) is 74.0 Å². The van der Waals surface area contributed by atoms with Gasteiger partial charge < -0.3 is 29.4 Å². The number of carbonyl (C=O) groups is 2. The maximum atomic E-state index is 13.1. The molecule has 1 saturated heterocycles. The second kappa shape index (κ2) is 18.1. The molecule has 0 spiro atoms. The van der Waals surface area contributed by atoms with Crippen molar-refractivity contribution >= 4 is 71.6 Å². The van der Waals surface area contributed by atoms with Crippen molar-refractivity contribution in [2.45, 2.75) is 31.8 Å². The molecule has 1 fully saturated rings. The number of benzene rings is 2. The van der Waals surface area contributed by atoms with Gasteiger partial charge in [0.25, 0.3) is 60.0 Å². The maximum absolute atomic E-state index is 13.1. The molecule has 0 radical (unpaired) electrons. The summed E-state index contributed by atoms with van der Waals surface area (Å²) < 4.78 is 37.0. The van der Waals surface area contributed by atoms with E-state index in [0.717, 1.165) is 12.8 Å². The Bertz CT molecular complexity index is 768. The van der Waals surface area contributed by atoms with Gasteiger partial charge in [0, 0.05) is 18.2 Å². The Labute approximate surface area is 220 Å². The number of hydrogen-bond acceptors (Lipinski definition) is 9. The third kappa shape index (κ3) is 10.4. The van der Waals surface area contributed by atoms with Gasteiger partial charge in [-0.25, -0.2) is 0 Å². The highest BCUT2D eigenvalue weighted by atomic mass is 28.4. The summed E-state index contributed by atoms with van der Waals surface area (Å²) in [7, 11) is -3.33. The fourth-order valence-corrected chi connectivity index (χ4v) is 14.1. The van der Waals surface area contributed by atoms with E-state index in [1.165, 1.54) is 7.11 Å². The van der Waals surface area contributed by atoms with Gasteiger partial charge >= 0.3 is 0 Å². The molecule has 35 heavy (non-hydrogen) atoms. The van der Waals surface area contributed by atoms with E-state index in [1.807, 2.05) is 19.1 Å². The third-order valence-corrected chi connectivity index (χ3v) is 13.0. The Balaban J connectivity index is 0.000000303. The van der Waals surface area contributed by atoms with Crippen molar-refractivity contribution in [3.8, 4) is 0 Å². The zero-order valence-electron chi connectivity index (χ0n) is 20.3. The SMILES string of the molecule is CCCCC(OC)(C(=O)c1ccccc1)C(=O)c1ccccc1.O1[SiH2]O[SiH2]O[SiH2]O[SiH2]O[SiH2]O[SiH2]1. The molecule has 3 rings (SSSR count). The molecule has 0 aliphatic carbocycles. The summed E-state index contributed by atoms with van der Waals surface area (Å²) in [5.41, 5.74) is -0.469. The zero-order chi connectivity index (χ0) is 25.2. The summed E-state index contributed by atoms with van der Waals surface area (Å²) in [4.78, 5) is 26.1. The van der Waals surface area contributed by atoms with Crippen LogP contribution in [0.15, 0.2) is 60.7 Å². The molecular weight excluding hydrogens is 553 g/mol. The van der Waals surface area contributed by atoms with Crippen molar-refractivity contribution < 1.29 is 39.0 Å². The Hall–Kier alpha value is -1.20. The first-order chi connectivity index (χ1) is 17.2. The number of ether oxygens (including phenoxy) is 1. The minimum Gasteiger partial charge on any atom is -0.425 e. The monoisotopic (exact) mass is 586 g/mol. The van der Waals surface area contributed by atoms with Gasteiger partial charge in [0.05, 0.1) is 0 Å². The first-order valence-corrected chi connectivity index (χ1v) is 18.3. The number of methoxy groups -OCH3 is 1. The van der Waals surface area contributed by atoms with Gasteiger partial charge in [-0.3, -0.25) is 9.59 Å². The number of Topliss-reactive ketones (excluding diaryl/α,β-unsaturated/α-hetero) is 2. The van der Waals surface area contributed by atoms with E-state index in [4.69, 9.17) is 29.4 Å². The van der Waals surface area contributed by atoms with Crippen LogP contribution < -0.4 is 0 Å².